The Morgan fingerprint density at radius 2 is 1.93 bits per heavy atom. The van der Waals surface area contributed by atoms with Crippen LogP contribution in [0.1, 0.15) is 37.3 Å². The van der Waals surface area contributed by atoms with E-state index in [0.717, 1.165) is 6.07 Å². The van der Waals surface area contributed by atoms with Gasteiger partial charge in [0.15, 0.2) is 5.60 Å². The zero-order chi connectivity index (χ0) is 20.2. The van der Waals surface area contributed by atoms with Crippen LogP contribution in [0, 0.1) is 18.2 Å². The minimum Gasteiger partial charge on any atom is -0.475 e. The van der Waals surface area contributed by atoms with Crippen LogP contribution in [0.3, 0.4) is 0 Å². The van der Waals surface area contributed by atoms with E-state index in [0.29, 0.717) is 31.2 Å². The molecule has 5 rings (SSSR count). The molecule has 7 nitrogen and oxygen atoms in total. The van der Waals surface area contributed by atoms with Crippen LogP contribution in [0.5, 0.6) is 5.88 Å². The van der Waals surface area contributed by atoms with E-state index in [2.05, 4.69) is 14.8 Å². The van der Waals surface area contributed by atoms with E-state index in [-0.39, 0.29) is 23.7 Å². The van der Waals surface area contributed by atoms with Crippen LogP contribution in [0.15, 0.2) is 30.6 Å². The third-order valence-electron chi connectivity index (χ3n) is 5.73. The van der Waals surface area contributed by atoms with Gasteiger partial charge in [-0.25, -0.2) is 8.78 Å². The molecule has 9 heteroatoms. The lowest BCUT2D eigenvalue weighted by atomic mass is 9.76. The standard InChI is InChI=1S/C20H16F2N4O3/c1-23-16-7-17(25-10-24-16)28-14-8-20(9-14)19(27)26-15(2-3-18(26)29-20)11-4-12(21)6-13(22)5-11/h4-7,10,14-15,18H,2-3,8-9H2/t14?,15-,18+,20?/m0/s1. The van der Waals surface area contributed by atoms with Crippen molar-refractivity contribution in [3.8, 4) is 5.88 Å². The lowest BCUT2D eigenvalue weighted by Gasteiger charge is -2.42. The summed E-state index contributed by atoms with van der Waals surface area (Å²) in [5.41, 5.74) is -0.519. The summed E-state index contributed by atoms with van der Waals surface area (Å²) in [5, 5.41) is 0. The van der Waals surface area contributed by atoms with Crippen LogP contribution in [0.4, 0.5) is 14.6 Å². The molecule has 1 amide bonds. The number of fused-ring (bicyclic) bond motifs is 1. The van der Waals surface area contributed by atoms with Crippen LogP contribution in [0.25, 0.3) is 4.85 Å². The molecule has 0 unspecified atom stereocenters. The highest BCUT2D eigenvalue weighted by molar-refractivity contribution is 5.89. The van der Waals surface area contributed by atoms with Gasteiger partial charge in [0.05, 0.1) is 6.04 Å². The molecule has 3 aliphatic rings. The number of carbonyl (C=O) groups excluding carboxylic acids is 1. The number of halogens is 2. The van der Waals surface area contributed by atoms with Gasteiger partial charge >= 0.3 is 0 Å². The van der Waals surface area contributed by atoms with Crippen LogP contribution < -0.4 is 4.74 Å². The normalized spacial score (nSPS) is 30.2. The highest BCUT2D eigenvalue weighted by Crippen LogP contribution is 2.52. The zero-order valence-electron chi connectivity index (χ0n) is 15.2. The number of carbonyl (C=O) groups is 1. The summed E-state index contributed by atoms with van der Waals surface area (Å²) < 4.78 is 39.1. The van der Waals surface area contributed by atoms with E-state index in [4.69, 9.17) is 16.0 Å². The second kappa shape index (κ2) is 6.46. The van der Waals surface area contributed by atoms with Gasteiger partial charge in [0.2, 0.25) is 12.2 Å². The first kappa shape index (κ1) is 17.9. The summed E-state index contributed by atoms with van der Waals surface area (Å²) in [6, 6.07) is 4.40. The number of nitrogens with zero attached hydrogens (tertiary/aromatic N) is 4. The van der Waals surface area contributed by atoms with Crippen molar-refractivity contribution in [3.63, 3.8) is 0 Å². The first-order valence-electron chi connectivity index (χ1n) is 9.30. The predicted octanol–water partition coefficient (Wildman–Crippen LogP) is 3.31. The van der Waals surface area contributed by atoms with Crippen LogP contribution >= 0.6 is 0 Å². The average Bonchev–Trinajstić information content (AvgIpc) is 3.19. The zero-order valence-corrected chi connectivity index (χ0v) is 15.2. The summed E-state index contributed by atoms with van der Waals surface area (Å²) in [7, 11) is 0. The molecule has 1 spiro atoms. The lowest BCUT2D eigenvalue weighted by Crippen LogP contribution is -2.56. The molecule has 2 saturated heterocycles. The lowest BCUT2D eigenvalue weighted by molar-refractivity contribution is -0.162. The molecular weight excluding hydrogens is 382 g/mol. The van der Waals surface area contributed by atoms with E-state index in [9.17, 15) is 13.6 Å². The second-order valence-electron chi connectivity index (χ2n) is 7.55. The van der Waals surface area contributed by atoms with Crippen molar-refractivity contribution in [1.29, 1.82) is 0 Å². The maximum Gasteiger partial charge on any atom is 0.276 e. The van der Waals surface area contributed by atoms with E-state index in [1.165, 1.54) is 24.5 Å². The second-order valence-corrected chi connectivity index (χ2v) is 7.55. The van der Waals surface area contributed by atoms with Crippen molar-refractivity contribution in [2.24, 2.45) is 0 Å². The number of amides is 1. The Morgan fingerprint density at radius 1 is 1.17 bits per heavy atom. The molecule has 2 aliphatic heterocycles. The van der Waals surface area contributed by atoms with Crippen molar-refractivity contribution in [2.75, 3.05) is 0 Å². The fourth-order valence-electron chi connectivity index (χ4n) is 4.46. The number of ether oxygens (including phenoxy) is 2. The van der Waals surface area contributed by atoms with Gasteiger partial charge in [-0.05, 0) is 30.5 Å². The van der Waals surface area contributed by atoms with Crippen molar-refractivity contribution < 1.29 is 23.0 Å². The van der Waals surface area contributed by atoms with Crippen LogP contribution in [-0.2, 0) is 9.53 Å². The highest BCUT2D eigenvalue weighted by Gasteiger charge is 2.63. The maximum atomic E-state index is 13.6. The third-order valence-corrected chi connectivity index (χ3v) is 5.73. The average molecular weight is 398 g/mol. The molecule has 148 valence electrons. The molecule has 29 heavy (non-hydrogen) atoms. The fourth-order valence-corrected chi connectivity index (χ4v) is 4.46. The van der Waals surface area contributed by atoms with Gasteiger partial charge in [-0.15, -0.1) is 4.98 Å². The molecule has 1 aliphatic carbocycles. The molecule has 3 fully saturated rings. The van der Waals surface area contributed by atoms with E-state index in [1.807, 2.05) is 0 Å². The molecule has 0 bridgehead atoms. The largest absolute Gasteiger partial charge is 0.475 e. The first-order chi connectivity index (χ1) is 14.0. The molecule has 2 atom stereocenters. The predicted molar refractivity (Wildman–Crippen MR) is 94.7 cm³/mol. The van der Waals surface area contributed by atoms with E-state index < -0.39 is 29.5 Å². The van der Waals surface area contributed by atoms with Gasteiger partial charge in [0.25, 0.3) is 11.7 Å². The molecule has 2 aromatic rings. The van der Waals surface area contributed by atoms with E-state index >= 15 is 0 Å². The highest BCUT2D eigenvalue weighted by atomic mass is 19.1. The van der Waals surface area contributed by atoms with Crippen molar-refractivity contribution in [1.82, 2.24) is 14.9 Å². The van der Waals surface area contributed by atoms with Gasteiger partial charge in [-0.1, -0.05) is 6.57 Å². The molecule has 1 aromatic carbocycles. The number of rotatable bonds is 3. The minimum atomic E-state index is -0.963. The molecule has 0 N–H and O–H groups in total. The van der Waals surface area contributed by atoms with Gasteiger partial charge in [0.1, 0.15) is 24.0 Å². The maximum absolute atomic E-state index is 13.6. The van der Waals surface area contributed by atoms with Crippen LogP contribution in [0.2, 0.25) is 0 Å². The Bertz CT molecular complexity index is 1010. The topological polar surface area (TPSA) is 68.9 Å². The minimum absolute atomic E-state index is 0.168. The SMILES string of the molecule is [C-]#[N+]c1cc(OC2CC3(C2)O[C@@H]2CC[C@@H](c4cc(F)cc(F)c4)N2C3=O)ncn1. The van der Waals surface area contributed by atoms with Gasteiger partial charge in [0, 0.05) is 25.0 Å². The van der Waals surface area contributed by atoms with Gasteiger partial charge in [-0.3, -0.25) is 4.79 Å². The molecule has 1 saturated carbocycles. The Hall–Kier alpha value is -3.12. The fraction of sp³-hybridized carbons (Fsp3) is 0.400. The Labute approximate surface area is 165 Å². The molecular formula is C20H16F2N4O3. The van der Waals surface area contributed by atoms with Gasteiger partial charge < -0.3 is 19.2 Å². The monoisotopic (exact) mass is 398 g/mol. The third kappa shape index (κ3) is 2.91. The molecule has 1 aromatic heterocycles. The Morgan fingerprint density at radius 3 is 2.66 bits per heavy atom. The summed E-state index contributed by atoms with van der Waals surface area (Å²) in [4.78, 5) is 25.8. The van der Waals surface area contributed by atoms with E-state index in [1.54, 1.807) is 4.90 Å². The first-order valence-corrected chi connectivity index (χ1v) is 9.30. The molecule has 3 heterocycles. The molecule has 0 radical (unpaired) electrons. The van der Waals surface area contributed by atoms with Gasteiger partial charge in [-0.2, -0.15) is 4.98 Å². The smallest absolute Gasteiger partial charge is 0.276 e. The number of hydrogen-bond acceptors (Lipinski definition) is 5. The summed E-state index contributed by atoms with van der Waals surface area (Å²) in [5.74, 6) is -1.02. The van der Waals surface area contributed by atoms with Crippen molar-refractivity contribution in [2.45, 2.75) is 49.7 Å². The summed E-state index contributed by atoms with van der Waals surface area (Å²) in [6.45, 7) is 6.99. The van der Waals surface area contributed by atoms with Crippen LogP contribution in [-0.4, -0.2) is 38.7 Å². The quantitative estimate of drug-likeness (QED) is 0.742. The van der Waals surface area contributed by atoms with Crippen molar-refractivity contribution in [3.05, 3.63) is 59.2 Å². The summed E-state index contributed by atoms with van der Waals surface area (Å²) in [6.07, 6.45) is 2.52. The van der Waals surface area contributed by atoms with Crippen molar-refractivity contribution >= 4 is 11.7 Å². The summed E-state index contributed by atoms with van der Waals surface area (Å²) >= 11 is 0. The number of aromatic nitrogens is 2. The number of hydrogen-bond donors (Lipinski definition) is 0. The Balaban J connectivity index is 1.30. The number of benzene rings is 1. The Kier molecular flexibility index (Phi) is 3.99.